The Balaban J connectivity index is 1.51. The van der Waals surface area contributed by atoms with Gasteiger partial charge in [-0.1, -0.05) is 47.6 Å². The molecule has 26 heavy (non-hydrogen) atoms. The van der Waals surface area contributed by atoms with Crippen molar-refractivity contribution in [2.75, 3.05) is 13.7 Å². The molecule has 6 nitrogen and oxygen atoms in total. The summed E-state index contributed by atoms with van der Waals surface area (Å²) >= 11 is 0. The molecule has 6 heteroatoms. The molecular weight excluding hydrogens is 330 g/mol. The van der Waals surface area contributed by atoms with Crippen molar-refractivity contribution in [2.24, 2.45) is 0 Å². The van der Waals surface area contributed by atoms with E-state index in [0.717, 1.165) is 11.1 Å². The molecule has 1 unspecified atom stereocenters. The highest BCUT2D eigenvalue weighted by molar-refractivity contribution is 5.79. The molecule has 1 aliphatic heterocycles. The molecule has 0 saturated carbocycles. The second kappa shape index (κ2) is 7.00. The molecule has 0 aliphatic carbocycles. The predicted octanol–water partition coefficient (Wildman–Crippen LogP) is 3.26. The van der Waals surface area contributed by atoms with Gasteiger partial charge >= 0.3 is 0 Å². The molecule has 3 aromatic rings. The van der Waals surface area contributed by atoms with Crippen LogP contribution in [0, 0.1) is 0 Å². The first kappa shape index (κ1) is 16.3. The molecule has 1 fully saturated rings. The normalized spacial score (nSPS) is 16.9. The summed E-state index contributed by atoms with van der Waals surface area (Å²) in [7, 11) is 1.60. The Morgan fingerprint density at radius 2 is 1.92 bits per heavy atom. The van der Waals surface area contributed by atoms with Crippen molar-refractivity contribution in [3.8, 4) is 17.2 Å². The number of para-hydroxylation sites is 1. The largest absolute Gasteiger partial charge is 0.496 e. The fourth-order valence-corrected chi connectivity index (χ4v) is 3.23. The van der Waals surface area contributed by atoms with Crippen LogP contribution in [0.1, 0.15) is 23.7 Å². The number of hydrogen-bond donors (Lipinski definition) is 0. The van der Waals surface area contributed by atoms with Gasteiger partial charge < -0.3 is 14.2 Å². The zero-order chi connectivity index (χ0) is 17.9. The quantitative estimate of drug-likeness (QED) is 0.707. The zero-order valence-electron chi connectivity index (χ0n) is 14.5. The van der Waals surface area contributed by atoms with E-state index >= 15 is 0 Å². The highest BCUT2D eigenvalue weighted by atomic mass is 16.5. The number of likely N-dealkylation sites (tertiary alicyclic amines) is 1. The van der Waals surface area contributed by atoms with E-state index in [2.05, 4.69) is 10.1 Å². The number of methoxy groups -OCH3 is 1. The zero-order valence-corrected chi connectivity index (χ0v) is 14.5. The summed E-state index contributed by atoms with van der Waals surface area (Å²) in [6, 6.07) is 17.5. The van der Waals surface area contributed by atoms with Crippen molar-refractivity contribution in [2.45, 2.75) is 18.9 Å². The minimum atomic E-state index is -0.0570. The molecule has 0 spiro atoms. The highest BCUT2D eigenvalue weighted by Crippen LogP contribution is 2.32. The number of rotatable bonds is 5. The van der Waals surface area contributed by atoms with Crippen LogP contribution in [-0.2, 0) is 11.3 Å². The fourth-order valence-electron chi connectivity index (χ4n) is 3.23. The van der Waals surface area contributed by atoms with Gasteiger partial charge in [0.15, 0.2) is 5.82 Å². The van der Waals surface area contributed by atoms with Gasteiger partial charge in [0.2, 0.25) is 5.91 Å². The van der Waals surface area contributed by atoms with Crippen LogP contribution in [0.3, 0.4) is 0 Å². The summed E-state index contributed by atoms with van der Waals surface area (Å²) in [6.45, 7) is 1.20. The van der Waals surface area contributed by atoms with Crippen molar-refractivity contribution in [3.63, 3.8) is 0 Å². The minimum absolute atomic E-state index is 0.0570. The Morgan fingerprint density at radius 3 is 2.73 bits per heavy atom. The molecule has 1 aliphatic rings. The Labute approximate surface area is 151 Å². The molecule has 2 aromatic carbocycles. The summed E-state index contributed by atoms with van der Waals surface area (Å²) in [5.41, 5.74) is 1.86. The monoisotopic (exact) mass is 349 g/mol. The molecule has 0 radical (unpaired) electrons. The third kappa shape index (κ3) is 3.18. The van der Waals surface area contributed by atoms with Crippen LogP contribution in [0.25, 0.3) is 11.5 Å². The molecule has 132 valence electrons. The standard InChI is InChI=1S/C20H19N3O3/c1-25-17-10-6-5-9-16(17)20-21-19(22-26-20)15-11-18(24)23(13-15)12-14-7-3-2-4-8-14/h2-10,15H,11-13H2,1H3. The second-order valence-corrected chi connectivity index (χ2v) is 6.32. The number of nitrogens with zero attached hydrogens (tertiary/aromatic N) is 3. The first-order valence-electron chi connectivity index (χ1n) is 8.53. The van der Waals surface area contributed by atoms with E-state index in [1.54, 1.807) is 7.11 Å². The summed E-state index contributed by atoms with van der Waals surface area (Å²) in [5.74, 6) is 1.71. The van der Waals surface area contributed by atoms with Gasteiger partial charge in [-0.15, -0.1) is 0 Å². The lowest BCUT2D eigenvalue weighted by Crippen LogP contribution is -2.24. The topological polar surface area (TPSA) is 68.5 Å². The third-order valence-electron chi connectivity index (χ3n) is 4.58. The van der Waals surface area contributed by atoms with Gasteiger partial charge in [0, 0.05) is 25.4 Å². The van der Waals surface area contributed by atoms with E-state index in [1.807, 2.05) is 59.5 Å². The maximum absolute atomic E-state index is 12.4. The van der Waals surface area contributed by atoms with Crippen molar-refractivity contribution < 1.29 is 14.1 Å². The lowest BCUT2D eigenvalue weighted by atomic mass is 10.1. The van der Waals surface area contributed by atoms with Gasteiger partial charge in [-0.25, -0.2) is 0 Å². The van der Waals surface area contributed by atoms with E-state index in [-0.39, 0.29) is 11.8 Å². The van der Waals surface area contributed by atoms with Crippen molar-refractivity contribution in [1.29, 1.82) is 0 Å². The molecule has 1 saturated heterocycles. The minimum Gasteiger partial charge on any atom is -0.496 e. The molecule has 1 aromatic heterocycles. The molecule has 1 amide bonds. The van der Waals surface area contributed by atoms with Gasteiger partial charge in [-0.05, 0) is 17.7 Å². The molecule has 2 heterocycles. The van der Waals surface area contributed by atoms with Crippen LogP contribution < -0.4 is 4.74 Å². The van der Waals surface area contributed by atoms with Crippen molar-refractivity contribution in [3.05, 3.63) is 66.0 Å². The smallest absolute Gasteiger partial charge is 0.261 e. The lowest BCUT2D eigenvalue weighted by molar-refractivity contribution is -0.128. The summed E-state index contributed by atoms with van der Waals surface area (Å²) in [5, 5.41) is 4.11. The number of carbonyl (C=O) groups is 1. The van der Waals surface area contributed by atoms with E-state index in [1.165, 1.54) is 0 Å². The van der Waals surface area contributed by atoms with E-state index in [4.69, 9.17) is 9.26 Å². The van der Waals surface area contributed by atoms with Gasteiger partial charge in [0.05, 0.1) is 12.7 Å². The summed E-state index contributed by atoms with van der Waals surface area (Å²) < 4.78 is 10.8. The molecule has 0 N–H and O–H groups in total. The maximum atomic E-state index is 12.4. The number of benzene rings is 2. The number of hydrogen-bond acceptors (Lipinski definition) is 5. The Morgan fingerprint density at radius 1 is 1.15 bits per heavy atom. The summed E-state index contributed by atoms with van der Waals surface area (Å²) in [6.07, 6.45) is 0.401. The number of ether oxygens (including phenoxy) is 1. The Bertz CT molecular complexity index is 907. The Hall–Kier alpha value is -3.15. The van der Waals surface area contributed by atoms with Crippen LogP contribution in [0.4, 0.5) is 0 Å². The summed E-state index contributed by atoms with van der Waals surface area (Å²) in [4.78, 5) is 18.7. The maximum Gasteiger partial charge on any atom is 0.261 e. The SMILES string of the molecule is COc1ccccc1-c1nc(C2CC(=O)N(Cc3ccccc3)C2)no1. The average Bonchev–Trinajstić information content (AvgIpc) is 3.30. The Kier molecular flexibility index (Phi) is 4.39. The van der Waals surface area contributed by atoms with E-state index in [0.29, 0.717) is 37.0 Å². The molecular formula is C20H19N3O3. The van der Waals surface area contributed by atoms with Crippen LogP contribution in [0.2, 0.25) is 0 Å². The van der Waals surface area contributed by atoms with E-state index < -0.39 is 0 Å². The first-order valence-corrected chi connectivity index (χ1v) is 8.53. The molecule has 0 bridgehead atoms. The molecule has 1 atom stereocenters. The van der Waals surface area contributed by atoms with E-state index in [9.17, 15) is 4.79 Å². The first-order chi connectivity index (χ1) is 12.7. The van der Waals surface area contributed by atoms with Crippen molar-refractivity contribution >= 4 is 5.91 Å². The lowest BCUT2D eigenvalue weighted by Gasteiger charge is -2.15. The van der Waals surface area contributed by atoms with Gasteiger partial charge in [0.25, 0.3) is 5.89 Å². The van der Waals surface area contributed by atoms with Crippen LogP contribution in [0.5, 0.6) is 5.75 Å². The number of aromatic nitrogens is 2. The van der Waals surface area contributed by atoms with Crippen LogP contribution in [0.15, 0.2) is 59.1 Å². The highest BCUT2D eigenvalue weighted by Gasteiger charge is 2.33. The number of carbonyl (C=O) groups excluding carboxylic acids is 1. The average molecular weight is 349 g/mol. The number of amides is 1. The molecule has 4 rings (SSSR count). The predicted molar refractivity (Wildman–Crippen MR) is 95.5 cm³/mol. The van der Waals surface area contributed by atoms with Crippen LogP contribution >= 0.6 is 0 Å². The van der Waals surface area contributed by atoms with Gasteiger partial charge in [0.1, 0.15) is 5.75 Å². The van der Waals surface area contributed by atoms with Crippen molar-refractivity contribution in [1.82, 2.24) is 15.0 Å². The second-order valence-electron chi connectivity index (χ2n) is 6.32. The van der Waals surface area contributed by atoms with Gasteiger partial charge in [-0.2, -0.15) is 4.98 Å². The van der Waals surface area contributed by atoms with Crippen LogP contribution in [-0.4, -0.2) is 34.6 Å². The fraction of sp³-hybridized carbons (Fsp3) is 0.250. The third-order valence-corrected chi connectivity index (χ3v) is 4.58. The van der Waals surface area contributed by atoms with Gasteiger partial charge in [-0.3, -0.25) is 4.79 Å².